The third kappa shape index (κ3) is 5.83. The van der Waals surface area contributed by atoms with Crippen molar-refractivity contribution in [2.75, 3.05) is 30.5 Å². The summed E-state index contributed by atoms with van der Waals surface area (Å²) in [4.78, 5) is 38.8. The number of methoxy groups -OCH3 is 1. The maximum Gasteiger partial charge on any atom is 0.311 e. The van der Waals surface area contributed by atoms with Gasteiger partial charge in [0.1, 0.15) is 5.75 Å². The fraction of sp³-hybridized carbons (Fsp3) is 0.250. The first-order valence-electron chi connectivity index (χ1n) is 11.6. The first kappa shape index (κ1) is 24.8. The molecule has 36 heavy (non-hydrogen) atoms. The molecule has 0 spiro atoms. The molecule has 1 heterocycles. The lowest BCUT2D eigenvalue weighted by molar-refractivity contribution is -0.151. The highest BCUT2D eigenvalue weighted by atomic mass is 16.5. The zero-order valence-electron chi connectivity index (χ0n) is 20.4. The van der Waals surface area contributed by atoms with E-state index in [9.17, 15) is 14.4 Å². The lowest BCUT2D eigenvalue weighted by atomic mass is 10.1. The Morgan fingerprint density at radius 3 is 2.39 bits per heavy atom. The zero-order chi connectivity index (χ0) is 25.7. The third-order valence-corrected chi connectivity index (χ3v) is 6.04. The number of anilines is 2. The second-order valence-corrected chi connectivity index (χ2v) is 8.61. The number of nitrogens with one attached hydrogen (secondary N) is 1. The molecular weight excluding hydrogens is 460 g/mol. The summed E-state index contributed by atoms with van der Waals surface area (Å²) in [6, 6.07) is 19.9. The van der Waals surface area contributed by atoms with Crippen LogP contribution in [0.4, 0.5) is 11.4 Å². The van der Waals surface area contributed by atoms with Gasteiger partial charge < -0.3 is 24.4 Å². The lowest BCUT2D eigenvalue weighted by Gasteiger charge is -2.17. The van der Waals surface area contributed by atoms with Crippen LogP contribution < -0.4 is 19.7 Å². The Balaban J connectivity index is 1.30. The third-order valence-electron chi connectivity index (χ3n) is 6.04. The van der Waals surface area contributed by atoms with Crippen LogP contribution in [0.2, 0.25) is 0 Å². The number of carbonyl (C=O) groups excluding carboxylic acids is 3. The van der Waals surface area contributed by atoms with Gasteiger partial charge in [-0.25, -0.2) is 0 Å². The SMILES string of the molecule is COc1ccccc1Oc1ccc(N2C[C@@H](C(=O)OCC(=O)Nc3ccc(C)c(C)c3)CC2=O)cc1. The minimum atomic E-state index is -0.642. The number of aryl methyl sites for hydroxylation is 2. The van der Waals surface area contributed by atoms with Gasteiger partial charge >= 0.3 is 5.97 Å². The molecule has 1 aliphatic rings. The number of nitrogens with zero attached hydrogens (tertiary/aromatic N) is 1. The highest BCUT2D eigenvalue weighted by Gasteiger charge is 2.36. The molecule has 1 atom stereocenters. The van der Waals surface area contributed by atoms with Gasteiger partial charge in [0.05, 0.1) is 13.0 Å². The second-order valence-electron chi connectivity index (χ2n) is 8.61. The number of rotatable bonds is 8. The predicted molar refractivity (Wildman–Crippen MR) is 135 cm³/mol. The van der Waals surface area contributed by atoms with Crippen molar-refractivity contribution in [3.63, 3.8) is 0 Å². The molecule has 1 saturated heterocycles. The first-order valence-corrected chi connectivity index (χ1v) is 11.6. The summed E-state index contributed by atoms with van der Waals surface area (Å²) in [5.74, 6) is -0.0581. The number of ether oxygens (including phenoxy) is 3. The highest BCUT2D eigenvalue weighted by Crippen LogP contribution is 2.33. The van der Waals surface area contributed by atoms with Crippen LogP contribution in [0.15, 0.2) is 66.7 Å². The van der Waals surface area contributed by atoms with Crippen LogP contribution in [0.25, 0.3) is 0 Å². The second kappa shape index (κ2) is 10.9. The number of benzene rings is 3. The summed E-state index contributed by atoms with van der Waals surface area (Å²) in [5.41, 5.74) is 3.46. The van der Waals surface area contributed by atoms with Crippen LogP contribution in [-0.4, -0.2) is 38.0 Å². The van der Waals surface area contributed by atoms with Gasteiger partial charge in [-0.3, -0.25) is 14.4 Å². The number of hydrogen-bond donors (Lipinski definition) is 1. The standard InChI is InChI=1S/C28H28N2O6/c1-18-8-9-21(14-19(18)2)29-26(31)17-35-28(33)20-15-27(32)30(16-20)22-10-12-23(13-11-22)36-25-7-5-4-6-24(25)34-3/h4-14,20H,15-17H2,1-3H3,(H,29,31)/t20-/m0/s1. The Bertz CT molecular complexity index is 1270. The number of esters is 1. The molecule has 1 fully saturated rings. The molecule has 0 saturated carbocycles. The van der Waals surface area contributed by atoms with E-state index in [0.717, 1.165) is 11.1 Å². The van der Waals surface area contributed by atoms with Crippen LogP contribution in [0, 0.1) is 19.8 Å². The molecule has 3 aromatic carbocycles. The largest absolute Gasteiger partial charge is 0.493 e. The Kier molecular flexibility index (Phi) is 7.53. The first-order chi connectivity index (χ1) is 17.3. The molecule has 8 heteroatoms. The Morgan fingerprint density at radius 1 is 0.972 bits per heavy atom. The van der Waals surface area contributed by atoms with Crippen LogP contribution in [0.1, 0.15) is 17.5 Å². The van der Waals surface area contributed by atoms with E-state index in [-0.39, 0.29) is 18.9 Å². The monoisotopic (exact) mass is 488 g/mol. The van der Waals surface area contributed by atoms with Crippen molar-refractivity contribution in [3.05, 3.63) is 77.9 Å². The van der Waals surface area contributed by atoms with Crippen LogP contribution in [-0.2, 0) is 19.1 Å². The quantitative estimate of drug-likeness (QED) is 0.465. The Hall–Kier alpha value is -4.33. The van der Waals surface area contributed by atoms with Gasteiger partial charge in [0.15, 0.2) is 18.1 Å². The van der Waals surface area contributed by atoms with Crippen molar-refractivity contribution < 1.29 is 28.6 Å². The van der Waals surface area contributed by atoms with Gasteiger partial charge in [-0.05, 0) is 73.5 Å². The molecule has 2 amide bonds. The summed E-state index contributed by atoms with van der Waals surface area (Å²) in [6.45, 7) is 3.71. The molecular formula is C28H28N2O6. The maximum atomic E-state index is 12.6. The van der Waals surface area contributed by atoms with Crippen molar-refractivity contribution in [2.24, 2.45) is 5.92 Å². The van der Waals surface area contributed by atoms with Crippen molar-refractivity contribution in [3.8, 4) is 17.2 Å². The van der Waals surface area contributed by atoms with E-state index in [4.69, 9.17) is 14.2 Å². The molecule has 186 valence electrons. The van der Waals surface area contributed by atoms with E-state index in [1.807, 2.05) is 38.1 Å². The van der Waals surface area contributed by atoms with Crippen molar-refractivity contribution >= 4 is 29.2 Å². The van der Waals surface area contributed by atoms with Gasteiger partial charge in [-0.1, -0.05) is 18.2 Å². The molecule has 1 aliphatic heterocycles. The molecule has 0 unspecified atom stereocenters. The fourth-order valence-corrected chi connectivity index (χ4v) is 3.91. The fourth-order valence-electron chi connectivity index (χ4n) is 3.91. The summed E-state index contributed by atoms with van der Waals surface area (Å²) < 4.78 is 16.4. The van der Waals surface area contributed by atoms with Gasteiger partial charge in [-0.15, -0.1) is 0 Å². The van der Waals surface area contributed by atoms with Gasteiger partial charge in [0.25, 0.3) is 5.91 Å². The van der Waals surface area contributed by atoms with Crippen molar-refractivity contribution in [1.29, 1.82) is 0 Å². The van der Waals surface area contributed by atoms with E-state index < -0.39 is 24.4 Å². The summed E-state index contributed by atoms with van der Waals surface area (Å²) in [6.07, 6.45) is 0.0249. The van der Waals surface area contributed by atoms with E-state index >= 15 is 0 Å². The molecule has 0 aliphatic carbocycles. The number of para-hydroxylation sites is 2. The molecule has 0 aromatic heterocycles. The summed E-state index contributed by atoms with van der Waals surface area (Å²) >= 11 is 0. The number of hydrogen-bond acceptors (Lipinski definition) is 6. The van der Waals surface area contributed by atoms with Gasteiger partial charge in [0, 0.05) is 24.3 Å². The molecule has 0 radical (unpaired) electrons. The smallest absolute Gasteiger partial charge is 0.311 e. The van der Waals surface area contributed by atoms with Crippen LogP contribution in [0.3, 0.4) is 0 Å². The Labute approximate surface area is 209 Å². The van der Waals surface area contributed by atoms with Gasteiger partial charge in [0.2, 0.25) is 5.91 Å². The number of carbonyl (C=O) groups is 3. The number of amides is 2. The lowest BCUT2D eigenvalue weighted by Crippen LogP contribution is -2.28. The molecule has 3 aromatic rings. The Morgan fingerprint density at radius 2 is 1.69 bits per heavy atom. The van der Waals surface area contributed by atoms with Crippen LogP contribution in [0.5, 0.6) is 17.2 Å². The van der Waals surface area contributed by atoms with E-state index in [0.29, 0.717) is 28.6 Å². The summed E-state index contributed by atoms with van der Waals surface area (Å²) in [7, 11) is 1.57. The molecule has 1 N–H and O–H groups in total. The minimum Gasteiger partial charge on any atom is -0.493 e. The topological polar surface area (TPSA) is 94.2 Å². The van der Waals surface area contributed by atoms with Crippen LogP contribution >= 0.6 is 0 Å². The predicted octanol–water partition coefficient (Wildman–Crippen LogP) is 4.64. The normalized spacial score (nSPS) is 14.9. The van der Waals surface area contributed by atoms with E-state index in [2.05, 4.69) is 5.32 Å². The molecule has 8 nitrogen and oxygen atoms in total. The maximum absolute atomic E-state index is 12.6. The highest BCUT2D eigenvalue weighted by molar-refractivity contribution is 6.00. The zero-order valence-corrected chi connectivity index (χ0v) is 20.4. The van der Waals surface area contributed by atoms with Crippen molar-refractivity contribution in [1.82, 2.24) is 0 Å². The average Bonchev–Trinajstić information content (AvgIpc) is 3.27. The van der Waals surface area contributed by atoms with Gasteiger partial charge in [-0.2, -0.15) is 0 Å². The minimum absolute atomic E-state index is 0.0249. The molecule has 4 rings (SSSR count). The van der Waals surface area contributed by atoms with E-state index in [1.165, 1.54) is 4.90 Å². The molecule has 0 bridgehead atoms. The average molecular weight is 489 g/mol. The van der Waals surface area contributed by atoms with Crippen molar-refractivity contribution in [2.45, 2.75) is 20.3 Å². The summed E-state index contributed by atoms with van der Waals surface area (Å²) in [5, 5.41) is 2.72. The van der Waals surface area contributed by atoms with E-state index in [1.54, 1.807) is 49.6 Å².